The third-order valence-corrected chi connectivity index (χ3v) is 6.51. The molecule has 0 unspecified atom stereocenters. The minimum atomic E-state index is -1.59. The van der Waals surface area contributed by atoms with Crippen molar-refractivity contribution in [2.24, 2.45) is 11.8 Å². The second-order valence-corrected chi connectivity index (χ2v) is 9.71. The summed E-state index contributed by atoms with van der Waals surface area (Å²) in [5.41, 5.74) is 2.81. The molecule has 4 rings (SSSR count). The summed E-state index contributed by atoms with van der Waals surface area (Å²) in [6.07, 6.45) is -0.553. The van der Waals surface area contributed by atoms with E-state index in [1.165, 1.54) is 0 Å². The molecule has 0 aliphatic heterocycles. The molecule has 8 nitrogen and oxygen atoms in total. The summed E-state index contributed by atoms with van der Waals surface area (Å²) in [5, 5.41) is 0. The number of hydrogen-bond donors (Lipinski definition) is 0. The fourth-order valence-electron chi connectivity index (χ4n) is 4.13. The van der Waals surface area contributed by atoms with Crippen molar-refractivity contribution in [2.75, 3.05) is 0 Å². The van der Waals surface area contributed by atoms with Gasteiger partial charge in [0.2, 0.25) is 0 Å². The van der Waals surface area contributed by atoms with Crippen LogP contribution in [0.15, 0.2) is 121 Å². The SMILES string of the molecule is O=C(OCc1ccccc1)C(CC(C(=O)OCc1ccccc1)C(=O)OCc1ccccc1)C(=O)OCc1ccccc1. The maximum atomic E-state index is 13.3. The Hall–Kier alpha value is -5.24. The van der Waals surface area contributed by atoms with Gasteiger partial charge in [0.15, 0.2) is 11.8 Å². The summed E-state index contributed by atoms with van der Waals surface area (Å²) < 4.78 is 21.8. The van der Waals surface area contributed by atoms with Gasteiger partial charge in [0, 0.05) is 0 Å². The third kappa shape index (κ3) is 9.97. The topological polar surface area (TPSA) is 105 Å². The van der Waals surface area contributed by atoms with Gasteiger partial charge in [0.25, 0.3) is 0 Å². The number of hydrogen-bond acceptors (Lipinski definition) is 8. The van der Waals surface area contributed by atoms with E-state index in [4.69, 9.17) is 18.9 Å². The molecule has 0 heterocycles. The van der Waals surface area contributed by atoms with E-state index in [9.17, 15) is 19.2 Å². The highest BCUT2D eigenvalue weighted by Crippen LogP contribution is 2.22. The average Bonchev–Trinajstić information content (AvgIpc) is 3.06. The Kier molecular flexibility index (Phi) is 11.6. The Bertz CT molecular complexity index is 1230. The highest BCUT2D eigenvalue weighted by Gasteiger charge is 2.40. The van der Waals surface area contributed by atoms with E-state index in [1.54, 1.807) is 97.1 Å². The van der Waals surface area contributed by atoms with Crippen LogP contribution in [0.5, 0.6) is 0 Å². The molecule has 0 saturated heterocycles. The van der Waals surface area contributed by atoms with Gasteiger partial charge in [0.1, 0.15) is 26.4 Å². The van der Waals surface area contributed by atoms with Gasteiger partial charge in [-0.05, 0) is 28.7 Å². The van der Waals surface area contributed by atoms with E-state index < -0.39 is 42.1 Å². The molecule has 0 amide bonds. The van der Waals surface area contributed by atoms with E-state index in [2.05, 4.69) is 0 Å². The molecular formula is C35H32O8. The molecule has 0 radical (unpaired) electrons. The van der Waals surface area contributed by atoms with Crippen molar-refractivity contribution in [1.29, 1.82) is 0 Å². The lowest BCUT2D eigenvalue weighted by atomic mass is 9.94. The molecule has 220 valence electrons. The fourth-order valence-corrected chi connectivity index (χ4v) is 4.13. The number of carbonyl (C=O) groups excluding carboxylic acids is 4. The van der Waals surface area contributed by atoms with Crippen molar-refractivity contribution >= 4 is 23.9 Å². The van der Waals surface area contributed by atoms with Crippen LogP contribution in [0.4, 0.5) is 0 Å². The molecule has 0 aromatic heterocycles. The lowest BCUT2D eigenvalue weighted by Gasteiger charge is -2.20. The number of benzene rings is 4. The maximum Gasteiger partial charge on any atom is 0.320 e. The number of ether oxygens (including phenoxy) is 4. The normalized spacial score (nSPS) is 10.7. The molecule has 43 heavy (non-hydrogen) atoms. The quantitative estimate of drug-likeness (QED) is 0.108. The van der Waals surface area contributed by atoms with Crippen LogP contribution in [-0.4, -0.2) is 23.9 Å². The third-order valence-electron chi connectivity index (χ3n) is 6.51. The van der Waals surface area contributed by atoms with Crippen molar-refractivity contribution in [3.05, 3.63) is 144 Å². The van der Waals surface area contributed by atoms with Crippen LogP contribution in [0, 0.1) is 11.8 Å². The maximum absolute atomic E-state index is 13.3. The summed E-state index contributed by atoms with van der Waals surface area (Å²) in [4.78, 5) is 53.1. The summed E-state index contributed by atoms with van der Waals surface area (Å²) in [6.45, 7) is -0.430. The Morgan fingerprint density at radius 3 is 0.791 bits per heavy atom. The first-order valence-electron chi connectivity index (χ1n) is 13.8. The molecule has 4 aromatic rings. The van der Waals surface area contributed by atoms with Gasteiger partial charge in [0.05, 0.1) is 0 Å². The number of carbonyl (C=O) groups is 4. The van der Waals surface area contributed by atoms with Crippen molar-refractivity contribution in [2.45, 2.75) is 32.8 Å². The molecule has 0 saturated carbocycles. The second-order valence-electron chi connectivity index (χ2n) is 9.71. The first kappa shape index (κ1) is 30.7. The first-order valence-corrected chi connectivity index (χ1v) is 13.8. The summed E-state index contributed by atoms with van der Waals surface area (Å²) in [5.74, 6) is -6.91. The van der Waals surface area contributed by atoms with Crippen LogP contribution in [0.2, 0.25) is 0 Å². The molecule has 0 bridgehead atoms. The summed E-state index contributed by atoms with van der Waals surface area (Å²) in [7, 11) is 0. The van der Waals surface area contributed by atoms with Gasteiger partial charge in [-0.1, -0.05) is 121 Å². The van der Waals surface area contributed by atoms with E-state index >= 15 is 0 Å². The zero-order chi connectivity index (χ0) is 30.3. The minimum absolute atomic E-state index is 0.107. The molecule has 0 spiro atoms. The molecule has 8 heteroatoms. The Morgan fingerprint density at radius 1 is 0.372 bits per heavy atom. The molecule has 0 aliphatic rings. The monoisotopic (exact) mass is 580 g/mol. The highest BCUT2D eigenvalue weighted by molar-refractivity contribution is 5.99. The lowest BCUT2D eigenvalue weighted by Crippen LogP contribution is -2.36. The molecule has 0 fully saturated rings. The standard InChI is InChI=1S/C35H32O8/c36-32(40-22-26-13-5-1-6-14-26)30(33(37)41-23-27-15-7-2-8-16-27)21-31(34(38)42-24-28-17-9-3-10-18-28)35(39)43-25-29-19-11-4-12-20-29/h1-20,30-31H,21-25H2. The molecule has 0 aliphatic carbocycles. The zero-order valence-electron chi connectivity index (χ0n) is 23.5. The van der Waals surface area contributed by atoms with Gasteiger partial charge in [-0.15, -0.1) is 0 Å². The lowest BCUT2D eigenvalue weighted by molar-refractivity contribution is -0.169. The van der Waals surface area contributed by atoms with Crippen LogP contribution < -0.4 is 0 Å². The van der Waals surface area contributed by atoms with E-state index in [0.717, 1.165) is 0 Å². The zero-order valence-corrected chi connectivity index (χ0v) is 23.5. The molecule has 0 atom stereocenters. The second kappa shape index (κ2) is 16.3. The van der Waals surface area contributed by atoms with Crippen LogP contribution in [-0.2, 0) is 64.6 Å². The number of esters is 4. The average molecular weight is 581 g/mol. The van der Waals surface area contributed by atoms with E-state index in [-0.39, 0.29) is 26.4 Å². The highest BCUT2D eigenvalue weighted by atomic mass is 16.6. The molecule has 0 N–H and O–H groups in total. The van der Waals surface area contributed by atoms with Crippen LogP contribution >= 0.6 is 0 Å². The van der Waals surface area contributed by atoms with Gasteiger partial charge in [-0.3, -0.25) is 19.2 Å². The van der Waals surface area contributed by atoms with Crippen LogP contribution in [0.25, 0.3) is 0 Å². The van der Waals surface area contributed by atoms with Crippen molar-refractivity contribution in [1.82, 2.24) is 0 Å². The van der Waals surface area contributed by atoms with Crippen molar-refractivity contribution < 1.29 is 38.1 Å². The smallest absolute Gasteiger partial charge is 0.320 e. The summed E-state index contributed by atoms with van der Waals surface area (Å²) in [6, 6.07) is 35.7. The minimum Gasteiger partial charge on any atom is -0.460 e. The predicted octanol–water partition coefficient (Wildman–Crippen LogP) is 5.58. The predicted molar refractivity (Wildman–Crippen MR) is 157 cm³/mol. The molecule has 4 aromatic carbocycles. The van der Waals surface area contributed by atoms with Crippen LogP contribution in [0.1, 0.15) is 28.7 Å². The molecular weight excluding hydrogens is 548 g/mol. The van der Waals surface area contributed by atoms with Crippen molar-refractivity contribution in [3.63, 3.8) is 0 Å². The first-order chi connectivity index (χ1) is 21.0. The van der Waals surface area contributed by atoms with Gasteiger partial charge < -0.3 is 18.9 Å². The van der Waals surface area contributed by atoms with E-state index in [1.807, 2.05) is 24.3 Å². The van der Waals surface area contributed by atoms with Gasteiger partial charge >= 0.3 is 23.9 Å². The fraction of sp³-hybridized carbons (Fsp3) is 0.200. The van der Waals surface area contributed by atoms with Gasteiger partial charge in [-0.2, -0.15) is 0 Å². The summed E-state index contributed by atoms with van der Waals surface area (Å²) >= 11 is 0. The Labute approximate surface area is 250 Å². The Morgan fingerprint density at radius 2 is 0.581 bits per heavy atom. The van der Waals surface area contributed by atoms with Gasteiger partial charge in [-0.25, -0.2) is 0 Å². The largest absolute Gasteiger partial charge is 0.460 e. The Balaban J connectivity index is 1.52. The van der Waals surface area contributed by atoms with E-state index in [0.29, 0.717) is 22.3 Å². The number of rotatable bonds is 14. The van der Waals surface area contributed by atoms with Crippen molar-refractivity contribution in [3.8, 4) is 0 Å². The van der Waals surface area contributed by atoms with Crippen LogP contribution in [0.3, 0.4) is 0 Å².